The fourth-order valence-electron chi connectivity index (χ4n) is 37.7. The summed E-state index contributed by atoms with van der Waals surface area (Å²) in [6, 6.07) is 0. The third-order valence-electron chi connectivity index (χ3n) is 44.9. The molecule has 14 saturated carbocycles. The van der Waals surface area contributed by atoms with Crippen LogP contribution in [0.1, 0.15) is 474 Å². The lowest BCUT2D eigenvalue weighted by Crippen LogP contribution is -2.54. The number of esters is 4. The first-order valence-electron chi connectivity index (χ1n) is 58.1. The van der Waals surface area contributed by atoms with Gasteiger partial charge in [0.25, 0.3) is 11.8 Å². The first kappa shape index (κ1) is 112. The van der Waals surface area contributed by atoms with Crippen LogP contribution in [0, 0.1) is 197 Å². The van der Waals surface area contributed by atoms with Crippen LogP contribution in [-0.4, -0.2) is 72.0 Å². The molecule has 16 aliphatic carbocycles. The lowest BCUT2D eigenvalue weighted by atomic mass is 9.44. The van der Waals surface area contributed by atoms with E-state index < -0.39 is 66.5 Å². The molecule has 16 heteroatoms. The molecule has 16 aliphatic rings. The smallest absolute Gasteiger partial charge is 0.376 e. The Balaban J connectivity index is 0.000000155. The van der Waals surface area contributed by atoms with Gasteiger partial charge in [-0.25, -0.2) is 27.2 Å². The van der Waals surface area contributed by atoms with Crippen LogP contribution in [0.15, 0.2) is 23.3 Å². The van der Waals surface area contributed by atoms with E-state index in [1.54, 1.807) is 0 Å². The second-order valence-corrected chi connectivity index (χ2v) is 55.5. The number of carbonyl (C=O) groups excluding carboxylic acids is 4. The van der Waals surface area contributed by atoms with E-state index in [-0.39, 0.29) is 34.6 Å². The van der Waals surface area contributed by atoms with Crippen LogP contribution in [0.4, 0.5) is 35.1 Å². The van der Waals surface area contributed by atoms with Gasteiger partial charge >= 0.3 is 35.7 Å². The van der Waals surface area contributed by atoms with Crippen molar-refractivity contribution >= 4 is 23.9 Å². The molecular weight excluding hydrogens is 1750 g/mol. The Hall–Kier alpha value is -3.20. The van der Waals surface area contributed by atoms with Crippen molar-refractivity contribution in [3.63, 3.8) is 0 Å². The van der Waals surface area contributed by atoms with Gasteiger partial charge in [-0.15, -0.1) is 0 Å². The topological polar surface area (TPSA) is 105 Å². The highest BCUT2D eigenvalue weighted by Crippen LogP contribution is 2.74. The van der Waals surface area contributed by atoms with Gasteiger partial charge in [-0.2, -0.15) is 17.6 Å². The van der Waals surface area contributed by atoms with Crippen molar-refractivity contribution in [2.45, 2.75) is 522 Å². The molecule has 0 aromatic rings. The van der Waals surface area contributed by atoms with E-state index in [2.05, 4.69) is 151 Å². The summed E-state index contributed by atoms with van der Waals surface area (Å²) in [4.78, 5) is 47.6. The molecule has 0 spiro atoms. The van der Waals surface area contributed by atoms with Crippen molar-refractivity contribution in [2.75, 3.05) is 0 Å². The monoisotopic (exact) mass is 1950 g/mol. The summed E-state index contributed by atoms with van der Waals surface area (Å²) in [6.45, 7) is 52.1. The molecule has 0 aromatic heterocycles. The number of ether oxygens (including phenoxy) is 4. The quantitative estimate of drug-likeness (QED) is 0.0303. The number of alkyl halides is 8. The minimum absolute atomic E-state index is 0.142. The van der Waals surface area contributed by atoms with Crippen LogP contribution in [0.3, 0.4) is 0 Å². The first-order chi connectivity index (χ1) is 64.4. The van der Waals surface area contributed by atoms with Crippen LogP contribution < -0.4 is 0 Å². The van der Waals surface area contributed by atoms with Crippen LogP contribution in [0.2, 0.25) is 0 Å². The Morgan fingerprint density at radius 1 is 0.304 bits per heavy atom. The molecule has 0 N–H and O–H groups in total. The number of halogens is 8. The molecule has 8 nitrogen and oxygen atoms in total. The van der Waals surface area contributed by atoms with Gasteiger partial charge < -0.3 is 18.9 Å². The Kier molecular flexibility index (Phi) is 35.9. The first-order valence-corrected chi connectivity index (χ1v) is 58.1. The Labute approximate surface area is 835 Å². The lowest BCUT2D eigenvalue weighted by Gasteiger charge is -2.61. The zero-order valence-electron chi connectivity index (χ0n) is 91.7. The maximum atomic E-state index is 13.4. The number of hydrogen-bond acceptors (Lipinski definition) is 8. The number of fused-ring (bicyclic) bond motifs is 20. The summed E-state index contributed by atoms with van der Waals surface area (Å²) < 4.78 is 128. The third kappa shape index (κ3) is 24.5. The summed E-state index contributed by atoms with van der Waals surface area (Å²) in [5.74, 6) is 3.60. The molecule has 0 amide bonds. The molecule has 792 valence electrons. The highest BCUT2D eigenvalue weighted by atomic mass is 19.3. The molecule has 0 saturated heterocycles. The fourth-order valence-corrected chi connectivity index (χ4v) is 37.7. The van der Waals surface area contributed by atoms with Crippen LogP contribution in [0.25, 0.3) is 0 Å². The average molecular weight is 1950 g/mol. The number of carbonyl (C=O) groups is 4. The predicted octanol–water partition coefficient (Wildman–Crippen LogP) is 35.3. The highest BCUT2D eigenvalue weighted by Gasteiger charge is 2.66. The molecule has 0 radical (unpaired) electrons. The molecule has 0 bridgehead atoms. The minimum atomic E-state index is -3.41. The van der Waals surface area contributed by atoms with E-state index in [4.69, 9.17) is 18.9 Å². The van der Waals surface area contributed by atoms with Gasteiger partial charge in [0.2, 0.25) is 0 Å². The summed E-state index contributed by atoms with van der Waals surface area (Å²) in [5, 5.41) is 0. The van der Waals surface area contributed by atoms with Gasteiger partial charge in [0.1, 0.15) is 37.3 Å². The van der Waals surface area contributed by atoms with E-state index in [1.165, 1.54) is 217 Å². The van der Waals surface area contributed by atoms with Gasteiger partial charge in [-0.3, -0.25) is 9.59 Å². The largest absolute Gasteiger partial charge is 0.462 e. The second-order valence-electron chi connectivity index (χ2n) is 55.5. The Bertz CT molecular complexity index is 4070. The number of rotatable bonds is 30. The molecule has 138 heavy (non-hydrogen) atoms. The molecule has 0 aromatic carbocycles. The molecule has 34 atom stereocenters. The highest BCUT2D eigenvalue weighted by molar-refractivity contribution is 5.77. The van der Waals surface area contributed by atoms with Crippen molar-refractivity contribution < 1.29 is 73.2 Å². The van der Waals surface area contributed by atoms with E-state index >= 15 is 0 Å². The molecule has 14 fully saturated rings. The standard InChI is InChI=1S/C31H52F2O2.C31H50F2O2.C30H50F2O2.C30H48F2O2/c2*1-20(2)8-7-9-21(3)25-12-13-26-24-11-10-22-18-23(35-28(34)19-31(6,32)33)14-16-29(22,4)27(24)15-17-30(25,26)5;2*1-19(2)8-7-9-20(3)24-12-13-25-23-11-10-21-18-22(34-27(33)30(6,31)32)14-16-28(21,4)26(23)15-17-29(24,25)5/h20-27H,7-19H2,1-6H3;10,20-21,23-27H,7-9,11-19H2,1-6H3;19-26H,7-18H2,1-6H3;10,19-20,22-26H,7-9,11-18H2,1-6H3/t21-,22+,23?,24+,25-,26+,27+,29+,30-;21-,23?,24+,25-,26+,27+,29+,30-;20-,21+,22?,23+,24-,25+,26+,28+,29-;20-,22?,23+,24-,25+,26+,28+,29-/m1111/s1. The van der Waals surface area contributed by atoms with Gasteiger partial charge in [-0.1, -0.05) is 239 Å². The lowest BCUT2D eigenvalue weighted by molar-refractivity contribution is -0.184. The van der Waals surface area contributed by atoms with Gasteiger partial charge in [0, 0.05) is 26.7 Å². The van der Waals surface area contributed by atoms with E-state index in [1.807, 2.05) is 0 Å². The molecule has 0 aliphatic heterocycles. The van der Waals surface area contributed by atoms with Crippen LogP contribution in [0.5, 0.6) is 0 Å². The van der Waals surface area contributed by atoms with Gasteiger partial charge in [0.15, 0.2) is 0 Å². The molecule has 16 rings (SSSR count). The molecule has 0 heterocycles. The predicted molar refractivity (Wildman–Crippen MR) is 543 cm³/mol. The Morgan fingerprint density at radius 2 is 0.565 bits per heavy atom. The fraction of sp³-hybridized carbons (Fsp3) is 0.934. The summed E-state index contributed by atoms with van der Waals surface area (Å²) in [6.07, 6.45) is 58.0. The number of hydrogen-bond donors (Lipinski definition) is 0. The zero-order chi connectivity index (χ0) is 101. The SMILES string of the molecule is CC(C)CCC[C@@H](C)[C@H]1CC[C@H]2[C@@H]3CC=C4CC(OC(=O)C(C)(F)F)CC[C@]4(C)[C@H]3CC[C@]12C.CC(C)CCC[C@@H](C)[C@H]1CC[C@H]2[C@@H]3CC=C4CC(OC(=O)CC(C)(F)F)CC[C@]4(C)[C@H]3CC[C@]12C.CC(C)CCC[C@@H](C)[C@H]1CC[C@H]2[C@@H]3CC[C@H]4CC(OC(=O)C(C)(F)F)CC[C@]4(C)[C@H]3CC[C@]12C.CC(C)CCC[C@@H](C)[C@H]1CC[C@H]2[C@@H]3CC[C@H]4CC(OC(=O)CC(C)(F)F)CC[C@]4(C)[C@H]3CC[C@]12C. The third-order valence-corrected chi connectivity index (χ3v) is 44.9. The van der Waals surface area contributed by atoms with Crippen LogP contribution >= 0.6 is 0 Å². The van der Waals surface area contributed by atoms with Gasteiger partial charge in [-0.05, 0) is 416 Å². The van der Waals surface area contributed by atoms with Gasteiger partial charge in [0.05, 0.1) is 0 Å². The van der Waals surface area contributed by atoms with Crippen molar-refractivity contribution in [1.82, 2.24) is 0 Å². The van der Waals surface area contributed by atoms with Crippen molar-refractivity contribution in [3.05, 3.63) is 23.3 Å². The molecular formula is C122H200F8O8. The number of allylic oxidation sites excluding steroid dienone is 2. The van der Waals surface area contributed by atoms with E-state index in [0.29, 0.717) is 77.4 Å². The average Bonchev–Trinajstić information content (AvgIpc) is 1.44. The summed E-state index contributed by atoms with van der Waals surface area (Å²) >= 11 is 0. The minimum Gasteiger partial charge on any atom is -0.462 e. The van der Waals surface area contributed by atoms with E-state index in [0.717, 1.165) is 221 Å². The van der Waals surface area contributed by atoms with Crippen molar-refractivity contribution in [3.8, 4) is 0 Å². The summed E-state index contributed by atoms with van der Waals surface area (Å²) in [7, 11) is 0. The maximum absolute atomic E-state index is 13.4. The maximum Gasteiger partial charge on any atom is 0.376 e. The Morgan fingerprint density at radius 3 is 0.870 bits per heavy atom. The normalized spacial score (nSPS) is 41.5. The molecule has 4 unspecified atom stereocenters. The van der Waals surface area contributed by atoms with E-state index in [9.17, 15) is 54.3 Å². The van der Waals surface area contributed by atoms with Crippen molar-refractivity contribution in [2.24, 2.45) is 197 Å². The van der Waals surface area contributed by atoms with Crippen LogP contribution in [-0.2, 0) is 38.1 Å². The van der Waals surface area contributed by atoms with Crippen molar-refractivity contribution in [1.29, 1.82) is 0 Å². The zero-order valence-corrected chi connectivity index (χ0v) is 91.7. The second kappa shape index (κ2) is 44.3. The summed E-state index contributed by atoms with van der Waals surface area (Å²) in [5.41, 5.74) is 5.71.